The summed E-state index contributed by atoms with van der Waals surface area (Å²) in [5.74, 6) is 0.0424. The molecule has 19 heavy (non-hydrogen) atoms. The fraction of sp³-hybridized carbons (Fsp3) is 0.923. The van der Waals surface area contributed by atoms with Crippen molar-refractivity contribution in [2.24, 2.45) is 5.92 Å². The van der Waals surface area contributed by atoms with Crippen LogP contribution in [0.25, 0.3) is 0 Å². The molecule has 0 bridgehead atoms. The van der Waals surface area contributed by atoms with E-state index >= 15 is 0 Å². The number of hydrogen-bond donors (Lipinski definition) is 1. The van der Waals surface area contributed by atoms with Crippen LogP contribution in [-0.4, -0.2) is 55.9 Å². The molecule has 0 aromatic rings. The standard InChI is InChI=1S/C13H22N2O3S/c16-13(10-5-8-19(17,18)9-10)15-7-2-4-12(15)11-3-1-6-14-11/h10-12,14H,1-9H2. The summed E-state index contributed by atoms with van der Waals surface area (Å²) < 4.78 is 23.0. The quantitative estimate of drug-likeness (QED) is 0.785. The van der Waals surface area contributed by atoms with Crippen LogP contribution in [0, 0.1) is 5.92 Å². The number of carbonyl (C=O) groups is 1. The first-order valence-corrected chi connectivity index (χ1v) is 9.13. The van der Waals surface area contributed by atoms with Gasteiger partial charge in [-0.05, 0) is 38.6 Å². The second-order valence-electron chi connectivity index (χ2n) is 6.04. The highest BCUT2D eigenvalue weighted by Crippen LogP contribution is 2.29. The normalized spacial score (nSPS) is 37.9. The molecule has 5 nitrogen and oxygen atoms in total. The van der Waals surface area contributed by atoms with Crippen LogP contribution in [-0.2, 0) is 14.6 Å². The van der Waals surface area contributed by atoms with Gasteiger partial charge < -0.3 is 10.2 Å². The summed E-state index contributed by atoms with van der Waals surface area (Å²) in [6.07, 6.45) is 4.94. The maximum Gasteiger partial charge on any atom is 0.227 e. The second-order valence-corrected chi connectivity index (χ2v) is 8.27. The Morgan fingerprint density at radius 2 is 2.00 bits per heavy atom. The van der Waals surface area contributed by atoms with E-state index in [9.17, 15) is 13.2 Å². The Balaban J connectivity index is 1.68. The van der Waals surface area contributed by atoms with Gasteiger partial charge in [0, 0.05) is 18.6 Å². The number of nitrogens with one attached hydrogen (secondary N) is 1. The van der Waals surface area contributed by atoms with Crippen molar-refractivity contribution in [3.63, 3.8) is 0 Å². The fourth-order valence-corrected chi connectivity index (χ4v) is 5.48. The summed E-state index contributed by atoms with van der Waals surface area (Å²) in [5, 5.41) is 3.48. The number of amides is 1. The maximum atomic E-state index is 12.5. The van der Waals surface area contributed by atoms with Crippen molar-refractivity contribution >= 4 is 15.7 Å². The average Bonchev–Trinajstić information content (AvgIpc) is 3.06. The van der Waals surface area contributed by atoms with Crippen LogP contribution in [0.1, 0.15) is 32.1 Å². The van der Waals surface area contributed by atoms with E-state index in [1.54, 1.807) is 0 Å². The number of rotatable bonds is 2. The number of nitrogens with zero attached hydrogens (tertiary/aromatic N) is 1. The largest absolute Gasteiger partial charge is 0.338 e. The summed E-state index contributed by atoms with van der Waals surface area (Å²) in [6.45, 7) is 1.85. The van der Waals surface area contributed by atoms with E-state index < -0.39 is 9.84 Å². The summed E-state index contributed by atoms with van der Waals surface area (Å²) in [7, 11) is -2.97. The van der Waals surface area contributed by atoms with Crippen molar-refractivity contribution in [3.05, 3.63) is 0 Å². The monoisotopic (exact) mass is 286 g/mol. The van der Waals surface area contributed by atoms with Gasteiger partial charge in [0.25, 0.3) is 0 Å². The van der Waals surface area contributed by atoms with Gasteiger partial charge in [-0.1, -0.05) is 0 Å². The fourth-order valence-electron chi connectivity index (χ4n) is 3.75. The van der Waals surface area contributed by atoms with Gasteiger partial charge in [0.05, 0.1) is 17.4 Å². The highest BCUT2D eigenvalue weighted by Gasteiger charge is 2.41. The lowest BCUT2D eigenvalue weighted by Crippen LogP contribution is -2.48. The predicted octanol–water partition coefficient (Wildman–Crippen LogP) is 0.164. The van der Waals surface area contributed by atoms with E-state index in [4.69, 9.17) is 0 Å². The van der Waals surface area contributed by atoms with Crippen molar-refractivity contribution in [3.8, 4) is 0 Å². The molecule has 3 aliphatic rings. The smallest absolute Gasteiger partial charge is 0.227 e. The number of carbonyl (C=O) groups excluding carboxylic acids is 1. The maximum absolute atomic E-state index is 12.5. The van der Waals surface area contributed by atoms with Gasteiger partial charge >= 0.3 is 0 Å². The molecule has 3 rings (SSSR count). The Labute approximate surface area is 114 Å². The summed E-state index contributed by atoms with van der Waals surface area (Å²) >= 11 is 0. The molecule has 3 aliphatic heterocycles. The van der Waals surface area contributed by atoms with Crippen LogP contribution < -0.4 is 5.32 Å². The number of sulfone groups is 1. The molecule has 0 spiro atoms. The molecule has 3 saturated heterocycles. The van der Waals surface area contributed by atoms with Gasteiger partial charge in [-0.25, -0.2) is 8.42 Å². The predicted molar refractivity (Wildman–Crippen MR) is 72.5 cm³/mol. The molecule has 6 heteroatoms. The molecule has 0 aromatic heterocycles. The molecule has 0 aliphatic carbocycles. The van der Waals surface area contributed by atoms with Crippen LogP contribution >= 0.6 is 0 Å². The third kappa shape index (κ3) is 2.65. The topological polar surface area (TPSA) is 66.5 Å². The average molecular weight is 286 g/mol. The van der Waals surface area contributed by atoms with Crippen LogP contribution in [0.5, 0.6) is 0 Å². The first-order chi connectivity index (χ1) is 9.07. The Morgan fingerprint density at radius 1 is 1.16 bits per heavy atom. The lowest BCUT2D eigenvalue weighted by molar-refractivity contribution is -0.136. The summed E-state index contributed by atoms with van der Waals surface area (Å²) in [5.41, 5.74) is 0. The Kier molecular flexibility index (Phi) is 3.55. The van der Waals surface area contributed by atoms with Gasteiger partial charge in [0.2, 0.25) is 5.91 Å². The van der Waals surface area contributed by atoms with Gasteiger partial charge in [0.15, 0.2) is 9.84 Å². The first-order valence-electron chi connectivity index (χ1n) is 7.31. The molecule has 3 unspecified atom stereocenters. The third-order valence-corrected chi connectivity index (χ3v) is 6.49. The Morgan fingerprint density at radius 3 is 2.63 bits per heavy atom. The second kappa shape index (κ2) is 5.05. The molecule has 0 aromatic carbocycles. The summed E-state index contributed by atoms with van der Waals surface area (Å²) in [4.78, 5) is 14.5. The molecular weight excluding hydrogens is 264 g/mol. The molecule has 0 radical (unpaired) electrons. The zero-order valence-corrected chi connectivity index (χ0v) is 12.0. The van der Waals surface area contributed by atoms with E-state index in [0.717, 1.165) is 32.4 Å². The van der Waals surface area contributed by atoms with Gasteiger partial charge in [-0.15, -0.1) is 0 Å². The van der Waals surface area contributed by atoms with Crippen LogP contribution in [0.2, 0.25) is 0 Å². The molecule has 3 atom stereocenters. The third-order valence-electron chi connectivity index (χ3n) is 4.73. The first kappa shape index (κ1) is 13.4. The highest BCUT2D eigenvalue weighted by atomic mass is 32.2. The zero-order chi connectivity index (χ0) is 13.5. The summed E-state index contributed by atoms with van der Waals surface area (Å²) in [6, 6.07) is 0.711. The Bertz CT molecular complexity index is 457. The van der Waals surface area contributed by atoms with Crippen molar-refractivity contribution in [2.45, 2.75) is 44.2 Å². The molecule has 3 heterocycles. The van der Waals surface area contributed by atoms with Gasteiger partial charge in [0.1, 0.15) is 0 Å². The van der Waals surface area contributed by atoms with Crippen molar-refractivity contribution < 1.29 is 13.2 Å². The van der Waals surface area contributed by atoms with Crippen molar-refractivity contribution in [2.75, 3.05) is 24.6 Å². The van der Waals surface area contributed by atoms with Crippen molar-refractivity contribution in [1.82, 2.24) is 10.2 Å². The van der Waals surface area contributed by atoms with Crippen LogP contribution in [0.3, 0.4) is 0 Å². The van der Waals surface area contributed by atoms with E-state index in [1.807, 2.05) is 4.90 Å². The minimum absolute atomic E-state index is 0.0626. The minimum atomic E-state index is -2.97. The molecule has 3 fully saturated rings. The van der Waals surface area contributed by atoms with Crippen LogP contribution in [0.15, 0.2) is 0 Å². The van der Waals surface area contributed by atoms with E-state index in [1.165, 1.54) is 6.42 Å². The van der Waals surface area contributed by atoms with E-state index in [0.29, 0.717) is 18.5 Å². The lowest BCUT2D eigenvalue weighted by Gasteiger charge is -2.31. The number of hydrogen-bond acceptors (Lipinski definition) is 4. The highest BCUT2D eigenvalue weighted by molar-refractivity contribution is 7.91. The van der Waals surface area contributed by atoms with E-state index in [-0.39, 0.29) is 23.3 Å². The molecular formula is C13H22N2O3S. The van der Waals surface area contributed by atoms with E-state index in [2.05, 4.69) is 5.32 Å². The Hall–Kier alpha value is -0.620. The van der Waals surface area contributed by atoms with Crippen LogP contribution in [0.4, 0.5) is 0 Å². The molecule has 1 amide bonds. The molecule has 108 valence electrons. The lowest BCUT2D eigenvalue weighted by atomic mass is 10.0. The van der Waals surface area contributed by atoms with Crippen molar-refractivity contribution in [1.29, 1.82) is 0 Å². The van der Waals surface area contributed by atoms with Gasteiger partial charge in [-0.2, -0.15) is 0 Å². The SMILES string of the molecule is O=C(C1CCS(=O)(=O)C1)N1CCCC1C1CCCN1. The minimum Gasteiger partial charge on any atom is -0.338 e. The molecule has 1 N–H and O–H groups in total. The molecule has 0 saturated carbocycles. The van der Waals surface area contributed by atoms with Gasteiger partial charge in [-0.3, -0.25) is 4.79 Å². The number of likely N-dealkylation sites (tertiary alicyclic amines) is 1. The zero-order valence-electron chi connectivity index (χ0n) is 11.2.